The second-order valence-corrected chi connectivity index (χ2v) is 7.94. The monoisotopic (exact) mass is 466 g/mol. The third-order valence-electron chi connectivity index (χ3n) is 6.15. The number of aromatic nitrogens is 1. The van der Waals surface area contributed by atoms with Crippen LogP contribution in [0.4, 0.5) is 11.4 Å². The minimum Gasteiger partial charge on any atom is -0.493 e. The number of methoxy groups -OCH3 is 2. The molecule has 0 unspecified atom stereocenters. The quantitative estimate of drug-likeness (QED) is 0.406. The Morgan fingerprint density at radius 2 is 1.65 bits per heavy atom. The van der Waals surface area contributed by atoms with Gasteiger partial charge in [-0.15, -0.1) is 0 Å². The van der Waals surface area contributed by atoms with E-state index in [9.17, 15) is 19.7 Å². The van der Waals surface area contributed by atoms with Crippen LogP contribution in [0.2, 0.25) is 0 Å². The Bertz CT molecular complexity index is 1290. The van der Waals surface area contributed by atoms with Crippen molar-refractivity contribution in [3.8, 4) is 11.5 Å². The van der Waals surface area contributed by atoms with E-state index < -0.39 is 4.92 Å². The van der Waals surface area contributed by atoms with Gasteiger partial charge in [0, 0.05) is 62.8 Å². The van der Waals surface area contributed by atoms with E-state index in [2.05, 4.69) is 4.90 Å². The first-order valence-corrected chi connectivity index (χ1v) is 11.0. The molecular weight excluding hydrogens is 440 g/mol. The molecule has 4 rings (SSSR count). The molecule has 34 heavy (non-hydrogen) atoms. The number of piperazine rings is 1. The number of non-ortho nitro benzene ring substituents is 1. The van der Waals surface area contributed by atoms with Crippen LogP contribution in [-0.4, -0.2) is 60.7 Å². The summed E-state index contributed by atoms with van der Waals surface area (Å²) in [5.41, 5.74) is 1.34. The number of carbonyl (C=O) groups excluding carboxylic acids is 1. The van der Waals surface area contributed by atoms with Gasteiger partial charge >= 0.3 is 0 Å². The van der Waals surface area contributed by atoms with Crippen molar-refractivity contribution in [1.29, 1.82) is 0 Å². The molecule has 0 spiro atoms. The molecule has 1 fully saturated rings. The van der Waals surface area contributed by atoms with Gasteiger partial charge in [-0.05, 0) is 25.1 Å². The normalized spacial score (nSPS) is 13.7. The molecule has 10 heteroatoms. The number of amides is 1. The van der Waals surface area contributed by atoms with Crippen molar-refractivity contribution in [3.63, 3.8) is 0 Å². The van der Waals surface area contributed by atoms with E-state index in [1.807, 2.05) is 11.5 Å². The summed E-state index contributed by atoms with van der Waals surface area (Å²) in [7, 11) is 3.04. The number of carbonyl (C=O) groups is 1. The Hall–Kier alpha value is -4.08. The highest BCUT2D eigenvalue weighted by atomic mass is 16.6. The Labute approximate surface area is 196 Å². The standard InChI is InChI=1S/C24H26N4O6/c1-4-25-15-19(23(29)18-13-21(33-2)22(34-3)14-20(18)25)24(30)27-11-9-26(10-12-27)16-5-7-17(8-6-16)28(31)32/h5-8,13-15H,4,9-12H2,1-3H3. The topological polar surface area (TPSA) is 107 Å². The molecule has 178 valence electrons. The Kier molecular flexibility index (Phi) is 6.40. The van der Waals surface area contributed by atoms with Crippen LogP contribution in [0.5, 0.6) is 11.5 Å². The predicted molar refractivity (Wildman–Crippen MR) is 128 cm³/mol. The van der Waals surface area contributed by atoms with Crippen LogP contribution in [0.1, 0.15) is 17.3 Å². The Morgan fingerprint density at radius 1 is 1.03 bits per heavy atom. The van der Waals surface area contributed by atoms with Crippen LogP contribution >= 0.6 is 0 Å². The van der Waals surface area contributed by atoms with Gasteiger partial charge in [0.25, 0.3) is 11.6 Å². The van der Waals surface area contributed by atoms with Crippen molar-refractivity contribution in [2.75, 3.05) is 45.3 Å². The minimum atomic E-state index is -0.432. The zero-order valence-corrected chi connectivity index (χ0v) is 19.3. The van der Waals surface area contributed by atoms with Gasteiger partial charge in [-0.2, -0.15) is 0 Å². The van der Waals surface area contributed by atoms with Crippen molar-refractivity contribution in [3.05, 3.63) is 68.5 Å². The SMILES string of the molecule is CCn1cc(C(=O)N2CCN(c3ccc([N+](=O)[O-])cc3)CC2)c(=O)c2cc(OC)c(OC)cc21. The van der Waals surface area contributed by atoms with Crippen molar-refractivity contribution in [2.45, 2.75) is 13.5 Å². The number of fused-ring (bicyclic) bond motifs is 1. The molecule has 3 aromatic rings. The van der Waals surface area contributed by atoms with Crippen molar-refractivity contribution in [1.82, 2.24) is 9.47 Å². The summed E-state index contributed by atoms with van der Waals surface area (Å²) in [6.07, 6.45) is 1.61. The molecule has 1 aliphatic rings. The third kappa shape index (κ3) is 4.14. The zero-order chi connectivity index (χ0) is 24.4. The number of pyridine rings is 1. The van der Waals surface area contributed by atoms with E-state index >= 15 is 0 Å². The summed E-state index contributed by atoms with van der Waals surface area (Å²) < 4.78 is 12.6. The fourth-order valence-electron chi connectivity index (χ4n) is 4.25. The van der Waals surface area contributed by atoms with Crippen LogP contribution < -0.4 is 19.8 Å². The fourth-order valence-corrected chi connectivity index (χ4v) is 4.25. The maximum Gasteiger partial charge on any atom is 0.269 e. The highest BCUT2D eigenvalue weighted by molar-refractivity contribution is 5.98. The molecule has 0 aliphatic carbocycles. The highest BCUT2D eigenvalue weighted by Gasteiger charge is 2.26. The number of ether oxygens (including phenoxy) is 2. The molecule has 2 heterocycles. The number of anilines is 1. The summed E-state index contributed by atoms with van der Waals surface area (Å²) >= 11 is 0. The van der Waals surface area contributed by atoms with Gasteiger partial charge in [0.1, 0.15) is 5.56 Å². The molecular formula is C24H26N4O6. The second kappa shape index (κ2) is 9.42. The number of rotatable bonds is 6. The van der Waals surface area contributed by atoms with E-state index in [1.54, 1.807) is 35.4 Å². The second-order valence-electron chi connectivity index (χ2n) is 7.94. The van der Waals surface area contributed by atoms with Gasteiger partial charge < -0.3 is 23.8 Å². The molecule has 0 N–H and O–H groups in total. The number of hydrogen-bond donors (Lipinski definition) is 0. The summed E-state index contributed by atoms with van der Waals surface area (Å²) in [4.78, 5) is 40.8. The summed E-state index contributed by atoms with van der Waals surface area (Å²) in [5, 5.41) is 11.3. The number of nitro benzene ring substituents is 1. The summed E-state index contributed by atoms with van der Waals surface area (Å²) in [6.45, 7) is 4.50. The average Bonchev–Trinajstić information content (AvgIpc) is 2.88. The largest absolute Gasteiger partial charge is 0.493 e. The molecule has 1 amide bonds. The lowest BCUT2D eigenvalue weighted by Crippen LogP contribution is -2.49. The Balaban J connectivity index is 1.59. The predicted octanol–water partition coefficient (Wildman–Crippen LogP) is 2.91. The lowest BCUT2D eigenvalue weighted by Gasteiger charge is -2.36. The maximum absolute atomic E-state index is 13.3. The van der Waals surface area contributed by atoms with Crippen molar-refractivity contribution < 1.29 is 19.2 Å². The summed E-state index contributed by atoms with van der Waals surface area (Å²) in [5.74, 6) is 0.626. The van der Waals surface area contributed by atoms with E-state index in [1.165, 1.54) is 26.4 Å². The first-order valence-electron chi connectivity index (χ1n) is 11.0. The van der Waals surface area contributed by atoms with Crippen LogP contribution in [0, 0.1) is 10.1 Å². The lowest BCUT2D eigenvalue weighted by molar-refractivity contribution is -0.384. The zero-order valence-electron chi connectivity index (χ0n) is 19.3. The van der Waals surface area contributed by atoms with Gasteiger partial charge in [-0.1, -0.05) is 0 Å². The van der Waals surface area contributed by atoms with Gasteiger partial charge in [0.05, 0.1) is 30.0 Å². The highest BCUT2D eigenvalue weighted by Crippen LogP contribution is 2.31. The number of nitrogens with zero attached hydrogens (tertiary/aromatic N) is 4. The molecule has 0 bridgehead atoms. The number of aryl methyl sites for hydroxylation is 1. The molecule has 0 atom stereocenters. The number of nitro groups is 1. The fraction of sp³-hybridized carbons (Fsp3) is 0.333. The first kappa shape index (κ1) is 23.1. The molecule has 0 radical (unpaired) electrons. The van der Waals surface area contributed by atoms with E-state index in [0.29, 0.717) is 55.1 Å². The van der Waals surface area contributed by atoms with E-state index in [-0.39, 0.29) is 22.6 Å². The van der Waals surface area contributed by atoms with Gasteiger partial charge in [-0.25, -0.2) is 0 Å². The van der Waals surface area contributed by atoms with Gasteiger partial charge in [-0.3, -0.25) is 19.7 Å². The van der Waals surface area contributed by atoms with Crippen molar-refractivity contribution in [2.24, 2.45) is 0 Å². The molecule has 2 aromatic carbocycles. The number of hydrogen-bond acceptors (Lipinski definition) is 7. The minimum absolute atomic E-state index is 0.0373. The van der Waals surface area contributed by atoms with Crippen LogP contribution in [0.3, 0.4) is 0 Å². The molecule has 1 aromatic heterocycles. The van der Waals surface area contributed by atoms with Crippen LogP contribution in [0.25, 0.3) is 10.9 Å². The molecule has 10 nitrogen and oxygen atoms in total. The smallest absolute Gasteiger partial charge is 0.269 e. The Morgan fingerprint density at radius 3 is 2.21 bits per heavy atom. The molecule has 1 aliphatic heterocycles. The van der Waals surface area contributed by atoms with Gasteiger partial charge in [0.15, 0.2) is 11.5 Å². The van der Waals surface area contributed by atoms with Crippen molar-refractivity contribution >= 4 is 28.2 Å². The van der Waals surface area contributed by atoms with Crippen LogP contribution in [-0.2, 0) is 6.54 Å². The van der Waals surface area contributed by atoms with Crippen LogP contribution in [0.15, 0.2) is 47.4 Å². The summed E-state index contributed by atoms with van der Waals surface area (Å²) in [6, 6.07) is 9.72. The van der Waals surface area contributed by atoms with E-state index in [0.717, 1.165) is 5.69 Å². The number of benzene rings is 2. The lowest BCUT2D eigenvalue weighted by atomic mass is 10.1. The van der Waals surface area contributed by atoms with E-state index in [4.69, 9.17) is 9.47 Å². The maximum atomic E-state index is 13.3. The first-order chi connectivity index (χ1) is 16.4. The molecule has 0 saturated carbocycles. The molecule has 1 saturated heterocycles. The average molecular weight is 466 g/mol. The van der Waals surface area contributed by atoms with Gasteiger partial charge in [0.2, 0.25) is 5.43 Å². The third-order valence-corrected chi connectivity index (χ3v) is 6.15.